The number of hydrogen-bond acceptors (Lipinski definition) is 4. The monoisotopic (exact) mass is 356 g/mol. The molecule has 4 heteroatoms. The largest absolute Gasteiger partial charge is 0.465 e. The van der Waals surface area contributed by atoms with Crippen LogP contribution < -0.4 is 0 Å². The summed E-state index contributed by atoms with van der Waals surface area (Å²) in [5.74, 6) is -0.944. The van der Waals surface area contributed by atoms with Crippen molar-refractivity contribution in [3.8, 4) is 0 Å². The van der Waals surface area contributed by atoms with Crippen LogP contribution in [0.25, 0.3) is 0 Å². The van der Waals surface area contributed by atoms with Crippen LogP contribution in [0, 0.1) is 0 Å². The molecule has 0 bridgehead atoms. The summed E-state index contributed by atoms with van der Waals surface area (Å²) in [5, 5.41) is 0. The van der Waals surface area contributed by atoms with Crippen LogP contribution in [0.15, 0.2) is 0 Å². The van der Waals surface area contributed by atoms with Gasteiger partial charge in [-0.2, -0.15) is 0 Å². The molecule has 0 rings (SSSR count). The molecule has 0 saturated heterocycles. The van der Waals surface area contributed by atoms with E-state index in [0.29, 0.717) is 6.61 Å². The Morgan fingerprint density at radius 1 is 0.720 bits per heavy atom. The normalized spacial score (nSPS) is 12.0. The Balaban J connectivity index is 3.41. The van der Waals surface area contributed by atoms with E-state index in [1.165, 1.54) is 51.4 Å². The van der Waals surface area contributed by atoms with Crippen LogP contribution in [0.4, 0.5) is 0 Å². The molecule has 0 aromatic rings. The molecule has 1 atom stereocenters. The average molecular weight is 357 g/mol. The highest BCUT2D eigenvalue weighted by atomic mass is 16.6. The molecule has 0 N–H and O–H groups in total. The molecule has 0 aromatic heterocycles. The molecule has 0 heterocycles. The third-order valence-corrected chi connectivity index (χ3v) is 4.35. The van der Waals surface area contributed by atoms with Crippen LogP contribution in [-0.4, -0.2) is 24.6 Å². The van der Waals surface area contributed by atoms with Crippen molar-refractivity contribution in [2.24, 2.45) is 0 Å². The van der Waals surface area contributed by atoms with Crippen molar-refractivity contribution in [3.05, 3.63) is 0 Å². The number of hydrogen-bond donors (Lipinski definition) is 0. The lowest BCUT2D eigenvalue weighted by atomic mass is 10.1. The Hall–Kier alpha value is -1.06. The van der Waals surface area contributed by atoms with E-state index in [1.54, 1.807) is 0 Å². The summed E-state index contributed by atoms with van der Waals surface area (Å²) in [6.07, 6.45) is 15.0. The van der Waals surface area contributed by atoms with Crippen LogP contribution >= 0.6 is 0 Å². The molecule has 1 unspecified atom stereocenters. The van der Waals surface area contributed by atoms with Crippen LogP contribution in [-0.2, 0) is 19.1 Å². The van der Waals surface area contributed by atoms with Gasteiger partial charge in [0.2, 0.25) is 0 Å². The first-order valence-corrected chi connectivity index (χ1v) is 10.4. The molecular weight excluding hydrogens is 316 g/mol. The molecule has 0 radical (unpaired) electrons. The van der Waals surface area contributed by atoms with Crippen LogP contribution in [0.3, 0.4) is 0 Å². The fourth-order valence-electron chi connectivity index (χ4n) is 2.76. The number of esters is 2. The summed E-state index contributed by atoms with van der Waals surface area (Å²) in [6.45, 7) is 6.61. The van der Waals surface area contributed by atoms with Crippen LogP contribution in [0.5, 0.6) is 0 Å². The highest BCUT2D eigenvalue weighted by Gasteiger charge is 2.14. The van der Waals surface area contributed by atoms with E-state index in [4.69, 9.17) is 9.47 Å². The smallest absolute Gasteiger partial charge is 0.317 e. The zero-order chi connectivity index (χ0) is 18.8. The summed E-state index contributed by atoms with van der Waals surface area (Å²) in [5.41, 5.74) is 0. The fourth-order valence-corrected chi connectivity index (χ4v) is 2.76. The molecule has 0 fully saturated rings. The number of rotatable bonds is 17. The van der Waals surface area contributed by atoms with Crippen molar-refractivity contribution < 1.29 is 19.1 Å². The first-order valence-electron chi connectivity index (χ1n) is 10.4. The van der Waals surface area contributed by atoms with Crippen molar-refractivity contribution in [3.63, 3.8) is 0 Å². The predicted octanol–water partition coefficient (Wildman–Crippen LogP) is 5.96. The standard InChI is InChI=1S/C21H40O4/c1-4-6-8-9-10-11-12-13-14-15-17-24-20(22)18-21(23)25-19(3)16-7-5-2/h19H,4-18H2,1-3H3. The minimum absolute atomic E-state index is 0.123. The molecule has 0 saturated carbocycles. The third kappa shape index (κ3) is 17.6. The van der Waals surface area contributed by atoms with Crippen molar-refractivity contribution >= 4 is 11.9 Å². The van der Waals surface area contributed by atoms with Crippen molar-refractivity contribution in [1.29, 1.82) is 0 Å². The highest BCUT2D eigenvalue weighted by molar-refractivity contribution is 5.91. The minimum atomic E-state index is -0.475. The summed E-state index contributed by atoms with van der Waals surface area (Å²) in [6, 6.07) is 0. The number of carbonyl (C=O) groups excluding carboxylic acids is 2. The Morgan fingerprint density at radius 3 is 1.80 bits per heavy atom. The lowest BCUT2D eigenvalue weighted by Gasteiger charge is -2.12. The van der Waals surface area contributed by atoms with E-state index in [9.17, 15) is 9.59 Å². The number of unbranched alkanes of at least 4 members (excludes halogenated alkanes) is 10. The van der Waals surface area contributed by atoms with E-state index in [0.717, 1.165) is 32.1 Å². The van der Waals surface area contributed by atoms with Crippen molar-refractivity contribution in [2.75, 3.05) is 6.61 Å². The Morgan fingerprint density at radius 2 is 1.24 bits per heavy atom. The van der Waals surface area contributed by atoms with Gasteiger partial charge >= 0.3 is 11.9 Å². The topological polar surface area (TPSA) is 52.6 Å². The molecule has 0 spiro atoms. The Bertz CT molecular complexity index is 328. The van der Waals surface area contributed by atoms with Gasteiger partial charge in [0.25, 0.3) is 0 Å². The second-order valence-electron chi connectivity index (χ2n) is 7.02. The van der Waals surface area contributed by atoms with E-state index >= 15 is 0 Å². The van der Waals surface area contributed by atoms with Gasteiger partial charge in [0.15, 0.2) is 0 Å². The quantitative estimate of drug-likeness (QED) is 0.183. The molecule has 0 amide bonds. The van der Waals surface area contributed by atoms with Crippen molar-refractivity contribution in [2.45, 2.75) is 117 Å². The Labute approximate surface area is 155 Å². The summed E-state index contributed by atoms with van der Waals surface area (Å²) >= 11 is 0. The first kappa shape index (κ1) is 23.9. The molecule has 0 aliphatic carbocycles. The summed E-state index contributed by atoms with van der Waals surface area (Å²) < 4.78 is 10.3. The SMILES string of the molecule is CCCCCCCCCCCCOC(=O)CC(=O)OC(C)CCCC. The minimum Gasteiger partial charge on any atom is -0.465 e. The van der Waals surface area contributed by atoms with E-state index in [-0.39, 0.29) is 12.5 Å². The maximum Gasteiger partial charge on any atom is 0.317 e. The van der Waals surface area contributed by atoms with Gasteiger partial charge in [-0.15, -0.1) is 0 Å². The number of carbonyl (C=O) groups is 2. The van der Waals surface area contributed by atoms with Gasteiger partial charge in [-0.1, -0.05) is 84.5 Å². The highest BCUT2D eigenvalue weighted by Crippen LogP contribution is 2.10. The van der Waals surface area contributed by atoms with Gasteiger partial charge in [0.05, 0.1) is 12.7 Å². The second-order valence-corrected chi connectivity index (χ2v) is 7.02. The second kappa shape index (κ2) is 17.8. The van der Waals surface area contributed by atoms with Crippen LogP contribution in [0.1, 0.15) is 111 Å². The van der Waals surface area contributed by atoms with Crippen molar-refractivity contribution in [1.82, 2.24) is 0 Å². The lowest BCUT2D eigenvalue weighted by Crippen LogP contribution is -2.19. The molecule has 0 aromatic carbocycles. The predicted molar refractivity (Wildman–Crippen MR) is 102 cm³/mol. The average Bonchev–Trinajstić information content (AvgIpc) is 2.57. The molecule has 0 aliphatic heterocycles. The zero-order valence-electron chi connectivity index (χ0n) is 16.8. The van der Waals surface area contributed by atoms with Gasteiger partial charge in [0.1, 0.15) is 6.42 Å². The molecule has 148 valence electrons. The molecular formula is C21H40O4. The Kier molecular flexibility index (Phi) is 17.0. The van der Waals surface area contributed by atoms with E-state index in [1.807, 2.05) is 6.92 Å². The van der Waals surface area contributed by atoms with Gasteiger partial charge < -0.3 is 9.47 Å². The van der Waals surface area contributed by atoms with Crippen LogP contribution in [0.2, 0.25) is 0 Å². The molecule has 25 heavy (non-hydrogen) atoms. The third-order valence-electron chi connectivity index (χ3n) is 4.35. The van der Waals surface area contributed by atoms with E-state index in [2.05, 4.69) is 13.8 Å². The summed E-state index contributed by atoms with van der Waals surface area (Å²) in [7, 11) is 0. The molecule has 4 nitrogen and oxygen atoms in total. The van der Waals surface area contributed by atoms with E-state index < -0.39 is 11.9 Å². The number of ether oxygens (including phenoxy) is 2. The summed E-state index contributed by atoms with van der Waals surface area (Å²) in [4.78, 5) is 23.2. The van der Waals surface area contributed by atoms with Gasteiger partial charge in [0, 0.05) is 0 Å². The fraction of sp³-hybridized carbons (Fsp3) is 0.905. The van der Waals surface area contributed by atoms with Gasteiger partial charge in [-0.05, 0) is 19.8 Å². The first-order chi connectivity index (χ1) is 12.1. The molecule has 0 aliphatic rings. The maximum atomic E-state index is 11.6. The van der Waals surface area contributed by atoms with Gasteiger partial charge in [-0.3, -0.25) is 9.59 Å². The maximum absolute atomic E-state index is 11.6. The zero-order valence-corrected chi connectivity index (χ0v) is 16.8. The lowest BCUT2D eigenvalue weighted by molar-refractivity contribution is -0.157. The van der Waals surface area contributed by atoms with Gasteiger partial charge in [-0.25, -0.2) is 0 Å².